The van der Waals surface area contributed by atoms with E-state index in [9.17, 15) is 0 Å². The van der Waals surface area contributed by atoms with Crippen molar-refractivity contribution in [3.05, 3.63) is 41.4 Å². The minimum atomic E-state index is 0.567. The van der Waals surface area contributed by atoms with Crippen molar-refractivity contribution in [3.63, 3.8) is 0 Å². The van der Waals surface area contributed by atoms with E-state index >= 15 is 0 Å². The van der Waals surface area contributed by atoms with E-state index in [1.165, 1.54) is 0 Å². The second kappa shape index (κ2) is 5.71. The van der Waals surface area contributed by atoms with E-state index in [4.69, 9.17) is 26.8 Å². The molecule has 0 saturated heterocycles. The molecule has 0 spiro atoms. The summed E-state index contributed by atoms with van der Waals surface area (Å²) >= 11 is 5.94. The minimum Gasteiger partial charge on any atom is -0.493 e. The smallest absolute Gasteiger partial charge is 0.162 e. The Balaban J connectivity index is 2.35. The fraction of sp³-hybridized carbons (Fsp3) is 0.143. The zero-order valence-electron chi connectivity index (χ0n) is 10.7. The van der Waals surface area contributed by atoms with Crippen LogP contribution in [0.3, 0.4) is 0 Å². The predicted octanol–water partition coefficient (Wildman–Crippen LogP) is 3.68. The molecule has 100 valence electrons. The van der Waals surface area contributed by atoms with Gasteiger partial charge >= 0.3 is 0 Å². The average molecular weight is 279 g/mol. The fourth-order valence-electron chi connectivity index (χ4n) is 1.72. The lowest BCUT2D eigenvalue weighted by molar-refractivity contribution is 0.355. The fourth-order valence-corrected chi connectivity index (χ4v) is 1.91. The standard InChI is InChI=1S/C14H15ClN2O2/c1-18-13-7-11(16)12(8-14(13)19-2)17-10-5-3-4-9(15)6-10/h3-8,17H,16H2,1-2H3. The maximum Gasteiger partial charge on any atom is 0.162 e. The first-order valence-electron chi connectivity index (χ1n) is 5.68. The van der Waals surface area contributed by atoms with Crippen LogP contribution in [0.15, 0.2) is 36.4 Å². The zero-order valence-corrected chi connectivity index (χ0v) is 11.5. The van der Waals surface area contributed by atoms with Crippen molar-refractivity contribution in [1.29, 1.82) is 0 Å². The van der Waals surface area contributed by atoms with E-state index in [1.807, 2.05) is 24.3 Å². The number of ether oxygens (including phenoxy) is 2. The molecule has 3 N–H and O–H groups in total. The topological polar surface area (TPSA) is 56.5 Å². The van der Waals surface area contributed by atoms with Crippen LogP contribution in [0.25, 0.3) is 0 Å². The first kappa shape index (κ1) is 13.4. The molecule has 5 heteroatoms. The number of nitrogens with two attached hydrogens (primary N) is 1. The van der Waals surface area contributed by atoms with Gasteiger partial charge in [-0.1, -0.05) is 17.7 Å². The van der Waals surface area contributed by atoms with Crippen molar-refractivity contribution >= 4 is 28.7 Å². The summed E-state index contributed by atoms with van der Waals surface area (Å²) in [5, 5.41) is 3.85. The third kappa shape index (κ3) is 3.03. The van der Waals surface area contributed by atoms with Crippen LogP contribution in [-0.4, -0.2) is 14.2 Å². The number of hydrogen-bond donors (Lipinski definition) is 2. The Hall–Kier alpha value is -2.07. The summed E-state index contributed by atoms with van der Waals surface area (Å²) < 4.78 is 10.4. The van der Waals surface area contributed by atoms with Crippen LogP contribution in [0.2, 0.25) is 5.02 Å². The Morgan fingerprint density at radius 2 is 1.74 bits per heavy atom. The monoisotopic (exact) mass is 278 g/mol. The molecule has 0 aliphatic rings. The Labute approximate surface area is 117 Å². The van der Waals surface area contributed by atoms with E-state index in [1.54, 1.807) is 26.4 Å². The number of hydrogen-bond acceptors (Lipinski definition) is 4. The number of benzene rings is 2. The van der Waals surface area contributed by atoms with Crippen LogP contribution < -0.4 is 20.5 Å². The van der Waals surface area contributed by atoms with Crippen LogP contribution >= 0.6 is 11.6 Å². The number of nitrogens with one attached hydrogen (secondary N) is 1. The van der Waals surface area contributed by atoms with Gasteiger partial charge in [-0.25, -0.2) is 0 Å². The molecular formula is C14H15ClN2O2. The van der Waals surface area contributed by atoms with Gasteiger partial charge in [-0.05, 0) is 18.2 Å². The molecule has 0 amide bonds. The summed E-state index contributed by atoms with van der Waals surface area (Å²) in [6, 6.07) is 10.9. The molecule has 0 aliphatic carbocycles. The lowest BCUT2D eigenvalue weighted by atomic mass is 10.2. The predicted molar refractivity (Wildman–Crippen MR) is 78.7 cm³/mol. The van der Waals surface area contributed by atoms with Crippen molar-refractivity contribution < 1.29 is 9.47 Å². The van der Waals surface area contributed by atoms with Crippen molar-refractivity contribution in [3.8, 4) is 11.5 Å². The lowest BCUT2D eigenvalue weighted by Gasteiger charge is -2.14. The highest BCUT2D eigenvalue weighted by molar-refractivity contribution is 6.30. The van der Waals surface area contributed by atoms with Gasteiger partial charge in [0.1, 0.15) is 0 Å². The van der Waals surface area contributed by atoms with Crippen molar-refractivity contribution in [2.75, 3.05) is 25.3 Å². The quantitative estimate of drug-likeness (QED) is 0.838. The van der Waals surface area contributed by atoms with Gasteiger partial charge < -0.3 is 20.5 Å². The van der Waals surface area contributed by atoms with E-state index in [0.717, 1.165) is 11.4 Å². The normalized spacial score (nSPS) is 10.1. The van der Waals surface area contributed by atoms with E-state index < -0.39 is 0 Å². The van der Waals surface area contributed by atoms with Gasteiger partial charge in [0, 0.05) is 22.8 Å². The summed E-state index contributed by atoms with van der Waals surface area (Å²) in [5.74, 6) is 1.21. The summed E-state index contributed by atoms with van der Waals surface area (Å²) in [6.07, 6.45) is 0. The summed E-state index contributed by atoms with van der Waals surface area (Å²) in [4.78, 5) is 0. The van der Waals surface area contributed by atoms with Gasteiger partial charge in [-0.3, -0.25) is 0 Å². The van der Waals surface area contributed by atoms with Crippen molar-refractivity contribution in [2.24, 2.45) is 0 Å². The molecular weight excluding hydrogens is 264 g/mol. The van der Waals surface area contributed by atoms with Gasteiger partial charge in [0.05, 0.1) is 25.6 Å². The van der Waals surface area contributed by atoms with Crippen LogP contribution in [-0.2, 0) is 0 Å². The van der Waals surface area contributed by atoms with Gasteiger partial charge in [-0.2, -0.15) is 0 Å². The summed E-state index contributed by atoms with van der Waals surface area (Å²) in [7, 11) is 3.15. The highest BCUT2D eigenvalue weighted by Gasteiger charge is 2.09. The molecule has 0 radical (unpaired) electrons. The lowest BCUT2D eigenvalue weighted by Crippen LogP contribution is -1.99. The third-order valence-corrected chi connectivity index (χ3v) is 2.89. The van der Waals surface area contributed by atoms with E-state index in [2.05, 4.69) is 5.32 Å². The number of rotatable bonds is 4. The second-order valence-electron chi connectivity index (χ2n) is 3.93. The van der Waals surface area contributed by atoms with Crippen LogP contribution in [0.5, 0.6) is 11.5 Å². The van der Waals surface area contributed by atoms with Crippen LogP contribution in [0.4, 0.5) is 17.1 Å². The molecule has 2 aromatic carbocycles. The molecule has 0 heterocycles. The molecule has 4 nitrogen and oxygen atoms in total. The molecule has 0 unspecified atom stereocenters. The molecule has 0 aliphatic heterocycles. The number of halogens is 1. The molecule has 2 rings (SSSR count). The third-order valence-electron chi connectivity index (χ3n) is 2.66. The van der Waals surface area contributed by atoms with Crippen LogP contribution in [0.1, 0.15) is 0 Å². The van der Waals surface area contributed by atoms with Crippen molar-refractivity contribution in [1.82, 2.24) is 0 Å². The first-order chi connectivity index (χ1) is 9.13. The molecule has 2 aromatic rings. The maximum atomic E-state index is 5.98. The Bertz CT molecular complexity index is 588. The number of anilines is 3. The van der Waals surface area contributed by atoms with E-state index in [-0.39, 0.29) is 0 Å². The largest absolute Gasteiger partial charge is 0.493 e. The molecule has 0 bridgehead atoms. The molecule has 0 aromatic heterocycles. The molecule has 19 heavy (non-hydrogen) atoms. The van der Waals surface area contributed by atoms with E-state index in [0.29, 0.717) is 22.2 Å². The maximum absolute atomic E-state index is 5.98. The van der Waals surface area contributed by atoms with Gasteiger partial charge in [0.2, 0.25) is 0 Å². The van der Waals surface area contributed by atoms with Gasteiger partial charge in [-0.15, -0.1) is 0 Å². The zero-order chi connectivity index (χ0) is 13.8. The Morgan fingerprint density at radius 1 is 1.05 bits per heavy atom. The van der Waals surface area contributed by atoms with Crippen molar-refractivity contribution in [2.45, 2.75) is 0 Å². The molecule has 0 fully saturated rings. The number of methoxy groups -OCH3 is 2. The molecule has 0 saturated carbocycles. The highest BCUT2D eigenvalue weighted by Crippen LogP contribution is 2.36. The summed E-state index contributed by atoms with van der Waals surface area (Å²) in [5.41, 5.74) is 8.13. The SMILES string of the molecule is COc1cc(N)c(Nc2cccc(Cl)c2)cc1OC. The Kier molecular flexibility index (Phi) is 4.02. The molecule has 0 atom stereocenters. The van der Waals surface area contributed by atoms with Gasteiger partial charge in [0.25, 0.3) is 0 Å². The number of nitrogen functional groups attached to an aromatic ring is 1. The van der Waals surface area contributed by atoms with Crippen LogP contribution in [0, 0.1) is 0 Å². The minimum absolute atomic E-state index is 0.567. The summed E-state index contributed by atoms with van der Waals surface area (Å²) in [6.45, 7) is 0. The second-order valence-corrected chi connectivity index (χ2v) is 4.37. The van der Waals surface area contributed by atoms with Gasteiger partial charge in [0.15, 0.2) is 11.5 Å². The first-order valence-corrected chi connectivity index (χ1v) is 6.06. The Morgan fingerprint density at radius 3 is 2.37 bits per heavy atom. The highest BCUT2D eigenvalue weighted by atomic mass is 35.5. The average Bonchev–Trinajstić information content (AvgIpc) is 2.40.